The Labute approximate surface area is 132 Å². The Hall–Kier alpha value is -1.10. The fourth-order valence-corrected chi connectivity index (χ4v) is 2.55. The van der Waals surface area contributed by atoms with Crippen molar-refractivity contribution < 1.29 is 28.2 Å². The van der Waals surface area contributed by atoms with Gasteiger partial charge in [-0.3, -0.25) is 4.57 Å². The van der Waals surface area contributed by atoms with Crippen molar-refractivity contribution in [2.45, 2.75) is 37.6 Å². The standard InChI is InChI=1S/C10H13FN3O6P.H2S/c1-4(15)7-8(20-21(17)18)6(11)9(19-7)14-3-2-5(12)13-10(14)16;/h2-4,6-9,15H,1H3,(H2-,12,13,16,17,18);1H2/p+1/t4-,6-,7+,8?,9+;/m0./s1. The summed E-state index contributed by atoms with van der Waals surface area (Å²) in [6, 6.07) is 1.27. The van der Waals surface area contributed by atoms with Gasteiger partial charge in [0, 0.05) is 10.8 Å². The second-order valence-electron chi connectivity index (χ2n) is 4.53. The van der Waals surface area contributed by atoms with E-state index in [2.05, 4.69) is 9.51 Å². The van der Waals surface area contributed by atoms with Gasteiger partial charge < -0.3 is 15.6 Å². The third kappa shape index (κ3) is 3.80. The molecule has 1 fully saturated rings. The number of aromatic nitrogens is 2. The van der Waals surface area contributed by atoms with Gasteiger partial charge in [-0.25, -0.2) is 9.18 Å². The molecule has 1 aromatic rings. The van der Waals surface area contributed by atoms with Crippen molar-refractivity contribution in [2.24, 2.45) is 0 Å². The van der Waals surface area contributed by atoms with Crippen molar-refractivity contribution in [2.75, 3.05) is 5.73 Å². The molecule has 0 radical (unpaired) electrons. The highest BCUT2D eigenvalue weighted by Crippen LogP contribution is 2.38. The number of hydrogen-bond donors (Lipinski definition) is 3. The molecule has 1 aromatic heterocycles. The summed E-state index contributed by atoms with van der Waals surface area (Å²) in [4.78, 5) is 23.9. The summed E-state index contributed by atoms with van der Waals surface area (Å²) in [5.74, 6) is -0.0389. The summed E-state index contributed by atoms with van der Waals surface area (Å²) >= 11 is 0. The van der Waals surface area contributed by atoms with Crippen LogP contribution < -0.4 is 11.4 Å². The molecule has 12 heteroatoms. The molecule has 0 bridgehead atoms. The molecule has 2 heterocycles. The van der Waals surface area contributed by atoms with Crippen LogP contribution in [0, 0.1) is 0 Å². The summed E-state index contributed by atoms with van der Waals surface area (Å²) in [5.41, 5.74) is 4.49. The molecule has 9 nitrogen and oxygen atoms in total. The highest BCUT2D eigenvalue weighted by molar-refractivity contribution is 7.59. The number of nitrogens with zero attached hydrogens (tertiary/aromatic N) is 2. The molecule has 0 aromatic carbocycles. The highest BCUT2D eigenvalue weighted by Gasteiger charge is 2.53. The van der Waals surface area contributed by atoms with Crippen molar-refractivity contribution in [3.05, 3.63) is 22.7 Å². The molecule has 1 aliphatic heterocycles. The zero-order valence-corrected chi connectivity index (χ0v) is 13.3. The van der Waals surface area contributed by atoms with Crippen molar-refractivity contribution >= 4 is 27.6 Å². The molecular formula is C10H16FN3O6PS+. The van der Waals surface area contributed by atoms with Crippen LogP contribution in [-0.4, -0.2) is 44.0 Å². The van der Waals surface area contributed by atoms with E-state index in [-0.39, 0.29) is 19.3 Å². The third-order valence-electron chi connectivity index (χ3n) is 3.02. The number of anilines is 1. The zero-order chi connectivity index (χ0) is 15.7. The second-order valence-corrected chi connectivity index (χ2v) is 5.21. The fourth-order valence-electron chi connectivity index (χ4n) is 2.11. The smallest absolute Gasteiger partial charge is 0.391 e. The largest absolute Gasteiger partial charge is 0.695 e. The van der Waals surface area contributed by atoms with E-state index in [4.69, 9.17) is 15.4 Å². The number of hydrogen-bond acceptors (Lipinski definition) is 7. The van der Waals surface area contributed by atoms with Gasteiger partial charge in [0.25, 0.3) is 0 Å². The highest BCUT2D eigenvalue weighted by atomic mass is 32.1. The van der Waals surface area contributed by atoms with Crippen LogP contribution in [0.4, 0.5) is 10.2 Å². The molecule has 1 saturated heterocycles. The van der Waals surface area contributed by atoms with Crippen molar-refractivity contribution in [3.63, 3.8) is 0 Å². The van der Waals surface area contributed by atoms with Gasteiger partial charge >= 0.3 is 13.9 Å². The monoisotopic (exact) mass is 356 g/mol. The van der Waals surface area contributed by atoms with Gasteiger partial charge in [0.1, 0.15) is 11.9 Å². The van der Waals surface area contributed by atoms with Gasteiger partial charge in [-0.05, 0) is 13.0 Å². The molecule has 4 N–H and O–H groups in total. The van der Waals surface area contributed by atoms with E-state index in [1.807, 2.05) is 0 Å². The summed E-state index contributed by atoms with van der Waals surface area (Å²) in [5, 5.41) is 9.56. The Balaban J connectivity index is 0.00000242. The minimum absolute atomic E-state index is 0. The van der Waals surface area contributed by atoms with Crippen LogP contribution in [0.5, 0.6) is 0 Å². The maximum Gasteiger partial charge on any atom is 0.695 e. The summed E-state index contributed by atoms with van der Waals surface area (Å²) in [7, 11) is -3.09. The Morgan fingerprint density at radius 2 is 2.27 bits per heavy atom. The molecule has 2 unspecified atom stereocenters. The number of ether oxygens (including phenoxy) is 1. The molecule has 0 spiro atoms. The van der Waals surface area contributed by atoms with Crippen molar-refractivity contribution in [3.8, 4) is 0 Å². The number of aliphatic hydroxyl groups is 1. The van der Waals surface area contributed by atoms with Crippen LogP contribution in [0.25, 0.3) is 0 Å². The van der Waals surface area contributed by atoms with Crippen LogP contribution in [-0.2, 0) is 13.8 Å². The van der Waals surface area contributed by atoms with Crippen LogP contribution in [0.2, 0.25) is 0 Å². The zero-order valence-electron chi connectivity index (χ0n) is 11.4. The predicted molar refractivity (Wildman–Crippen MR) is 78.5 cm³/mol. The first-order valence-corrected chi connectivity index (χ1v) is 7.09. The van der Waals surface area contributed by atoms with E-state index in [0.29, 0.717) is 0 Å². The van der Waals surface area contributed by atoms with E-state index in [1.165, 1.54) is 19.2 Å². The van der Waals surface area contributed by atoms with Gasteiger partial charge in [-0.15, -0.1) is 9.42 Å². The fraction of sp³-hybridized carbons (Fsp3) is 0.600. The lowest BCUT2D eigenvalue weighted by atomic mass is 10.1. The third-order valence-corrected chi connectivity index (χ3v) is 3.44. The van der Waals surface area contributed by atoms with Gasteiger partial charge in [-0.1, -0.05) is 0 Å². The van der Waals surface area contributed by atoms with Crippen LogP contribution in [0.1, 0.15) is 13.2 Å². The molecular weight excluding hydrogens is 340 g/mol. The summed E-state index contributed by atoms with van der Waals surface area (Å²) in [6.45, 7) is 1.31. The minimum atomic E-state index is -3.09. The Morgan fingerprint density at radius 1 is 1.64 bits per heavy atom. The first kappa shape index (κ1) is 18.9. The molecule has 124 valence electrons. The number of aliphatic hydroxyl groups excluding tert-OH is 1. The van der Waals surface area contributed by atoms with Gasteiger partial charge in [0.2, 0.25) is 0 Å². The predicted octanol–water partition coefficient (Wildman–Crippen LogP) is -0.411. The number of alkyl halides is 1. The Bertz CT molecular complexity index is 602. The topological polar surface area (TPSA) is 137 Å². The van der Waals surface area contributed by atoms with E-state index in [0.717, 1.165) is 4.57 Å². The van der Waals surface area contributed by atoms with E-state index in [9.17, 15) is 18.9 Å². The van der Waals surface area contributed by atoms with Crippen LogP contribution in [0.15, 0.2) is 17.1 Å². The number of halogens is 1. The molecule has 2 rings (SSSR count). The maximum atomic E-state index is 14.4. The van der Waals surface area contributed by atoms with Crippen LogP contribution in [0.3, 0.4) is 0 Å². The quantitative estimate of drug-likeness (QED) is 0.619. The van der Waals surface area contributed by atoms with Crippen molar-refractivity contribution in [1.82, 2.24) is 9.55 Å². The lowest BCUT2D eigenvalue weighted by molar-refractivity contribution is -0.0756. The molecule has 0 saturated carbocycles. The molecule has 6 atom stereocenters. The van der Waals surface area contributed by atoms with Gasteiger partial charge in [0.05, 0.1) is 6.10 Å². The Morgan fingerprint density at radius 3 is 2.77 bits per heavy atom. The number of nitrogen functional groups attached to an aromatic ring is 1. The summed E-state index contributed by atoms with van der Waals surface area (Å²) in [6.07, 6.45) is -6.08. The van der Waals surface area contributed by atoms with Gasteiger partial charge in [-0.2, -0.15) is 18.5 Å². The SMILES string of the molecule is C[C@H](O)[C@H]1O[C@@H](n2ccc(N)nc2=O)[C@@H](F)C1O[P+](=O)O.S. The van der Waals surface area contributed by atoms with E-state index < -0.39 is 44.7 Å². The second kappa shape index (κ2) is 7.44. The van der Waals surface area contributed by atoms with Gasteiger partial charge in [0.15, 0.2) is 18.5 Å². The first-order chi connectivity index (χ1) is 9.81. The molecule has 0 amide bonds. The van der Waals surface area contributed by atoms with E-state index in [1.54, 1.807) is 0 Å². The maximum absolute atomic E-state index is 14.4. The average Bonchev–Trinajstić information content (AvgIpc) is 2.67. The molecule has 22 heavy (non-hydrogen) atoms. The Kier molecular flexibility index (Phi) is 6.41. The van der Waals surface area contributed by atoms with Crippen molar-refractivity contribution in [1.29, 1.82) is 0 Å². The summed E-state index contributed by atoms with van der Waals surface area (Å²) < 4.78 is 35.8. The normalized spacial score (nSPS) is 29.7. The van der Waals surface area contributed by atoms with E-state index >= 15 is 0 Å². The number of nitrogens with two attached hydrogens (primary N) is 1. The number of rotatable bonds is 4. The van der Waals surface area contributed by atoms with Crippen LogP contribution >= 0.6 is 21.8 Å². The molecule has 1 aliphatic rings. The average molecular weight is 356 g/mol. The lowest BCUT2D eigenvalue weighted by Gasteiger charge is -2.17. The molecule has 0 aliphatic carbocycles. The lowest BCUT2D eigenvalue weighted by Crippen LogP contribution is -2.37. The first-order valence-electron chi connectivity index (χ1n) is 5.96. The minimum Gasteiger partial charge on any atom is -0.391 e.